The molecule has 0 saturated carbocycles. The Balaban J connectivity index is 1.94. The van der Waals surface area contributed by atoms with Crippen LogP contribution in [0.1, 0.15) is 35.4 Å². The Kier molecular flexibility index (Phi) is 4.42. The van der Waals surface area contributed by atoms with E-state index in [0.29, 0.717) is 31.1 Å². The molecular formula is C14H22N4O2. The summed E-state index contributed by atoms with van der Waals surface area (Å²) in [5.74, 6) is 0.504. The first kappa shape index (κ1) is 14.6. The van der Waals surface area contributed by atoms with Crippen molar-refractivity contribution in [3.8, 4) is 0 Å². The number of nitrogens with one attached hydrogen (secondary N) is 1. The zero-order valence-electron chi connectivity index (χ0n) is 12.3. The van der Waals surface area contributed by atoms with Gasteiger partial charge in [0.25, 0.3) is 5.91 Å². The van der Waals surface area contributed by atoms with Crippen molar-refractivity contribution in [1.82, 2.24) is 19.8 Å². The number of carbonyl (C=O) groups excluding carboxylic acids is 2. The summed E-state index contributed by atoms with van der Waals surface area (Å²) in [6, 6.07) is 0. The van der Waals surface area contributed by atoms with Gasteiger partial charge in [0, 0.05) is 33.6 Å². The molecule has 2 heterocycles. The summed E-state index contributed by atoms with van der Waals surface area (Å²) < 4.78 is 1.77. The molecule has 0 spiro atoms. The maximum Gasteiger partial charge on any atom is 0.272 e. The fraction of sp³-hybridized carbons (Fsp3) is 0.643. The lowest BCUT2D eigenvalue weighted by molar-refractivity contribution is -0.121. The molecule has 1 aliphatic rings. The number of hydrogen-bond donors (Lipinski definition) is 1. The van der Waals surface area contributed by atoms with Gasteiger partial charge in [0.2, 0.25) is 5.91 Å². The standard InChI is InChI=1S/C14H22N4O2/c1-10-13(17(3)9-16-10)14(20)18-6-4-11(5-7-18)8-12(19)15-2/h9,11H,4-8H2,1-3H3,(H,15,19). The molecule has 6 nitrogen and oxygen atoms in total. The number of likely N-dealkylation sites (tertiary alicyclic amines) is 1. The van der Waals surface area contributed by atoms with Crippen LogP contribution in [0.4, 0.5) is 0 Å². The van der Waals surface area contributed by atoms with Gasteiger partial charge in [-0.1, -0.05) is 0 Å². The molecule has 0 radical (unpaired) electrons. The number of nitrogens with zero attached hydrogens (tertiary/aromatic N) is 3. The molecule has 1 fully saturated rings. The molecule has 0 atom stereocenters. The summed E-state index contributed by atoms with van der Waals surface area (Å²) in [6.07, 6.45) is 4.00. The van der Waals surface area contributed by atoms with Gasteiger partial charge in [-0.3, -0.25) is 9.59 Å². The summed E-state index contributed by atoms with van der Waals surface area (Å²) in [5, 5.41) is 2.65. The van der Waals surface area contributed by atoms with Gasteiger partial charge in [-0.25, -0.2) is 4.98 Å². The molecule has 20 heavy (non-hydrogen) atoms. The molecule has 1 aromatic rings. The van der Waals surface area contributed by atoms with Crippen LogP contribution < -0.4 is 5.32 Å². The smallest absolute Gasteiger partial charge is 0.272 e. The highest BCUT2D eigenvalue weighted by atomic mass is 16.2. The third-order valence-corrected chi connectivity index (χ3v) is 3.98. The van der Waals surface area contributed by atoms with Crippen molar-refractivity contribution in [2.45, 2.75) is 26.2 Å². The van der Waals surface area contributed by atoms with Crippen molar-refractivity contribution in [2.75, 3.05) is 20.1 Å². The largest absolute Gasteiger partial charge is 0.359 e. The highest BCUT2D eigenvalue weighted by Gasteiger charge is 2.27. The van der Waals surface area contributed by atoms with E-state index < -0.39 is 0 Å². The molecule has 6 heteroatoms. The topological polar surface area (TPSA) is 67.2 Å². The fourth-order valence-corrected chi connectivity index (χ4v) is 2.71. The Morgan fingerprint density at radius 2 is 2.05 bits per heavy atom. The number of imidazole rings is 1. The van der Waals surface area contributed by atoms with Crippen LogP contribution in [-0.2, 0) is 11.8 Å². The van der Waals surface area contributed by atoms with Gasteiger partial charge < -0.3 is 14.8 Å². The second-order valence-corrected chi connectivity index (χ2v) is 5.40. The van der Waals surface area contributed by atoms with Crippen molar-refractivity contribution in [3.05, 3.63) is 17.7 Å². The molecule has 1 aliphatic heterocycles. The maximum atomic E-state index is 12.5. The Hall–Kier alpha value is -1.85. The van der Waals surface area contributed by atoms with Gasteiger partial charge in [-0.15, -0.1) is 0 Å². The number of hydrogen-bond acceptors (Lipinski definition) is 3. The van der Waals surface area contributed by atoms with Gasteiger partial charge in [0.1, 0.15) is 5.69 Å². The Morgan fingerprint density at radius 1 is 1.40 bits per heavy atom. The fourth-order valence-electron chi connectivity index (χ4n) is 2.71. The SMILES string of the molecule is CNC(=O)CC1CCN(C(=O)c2c(C)ncn2C)CC1. The molecule has 2 rings (SSSR count). The van der Waals surface area contributed by atoms with Crippen molar-refractivity contribution >= 4 is 11.8 Å². The summed E-state index contributed by atoms with van der Waals surface area (Å²) in [4.78, 5) is 29.9. The van der Waals surface area contributed by atoms with E-state index in [4.69, 9.17) is 0 Å². The second-order valence-electron chi connectivity index (χ2n) is 5.40. The van der Waals surface area contributed by atoms with Crippen LogP contribution in [-0.4, -0.2) is 46.4 Å². The highest BCUT2D eigenvalue weighted by molar-refractivity contribution is 5.93. The lowest BCUT2D eigenvalue weighted by Gasteiger charge is -2.31. The van der Waals surface area contributed by atoms with Crippen LogP contribution in [0, 0.1) is 12.8 Å². The quantitative estimate of drug-likeness (QED) is 0.885. The highest BCUT2D eigenvalue weighted by Crippen LogP contribution is 2.22. The van der Waals surface area contributed by atoms with Crippen molar-refractivity contribution in [3.63, 3.8) is 0 Å². The van der Waals surface area contributed by atoms with Crippen LogP contribution in [0.25, 0.3) is 0 Å². The summed E-state index contributed by atoms with van der Waals surface area (Å²) >= 11 is 0. The average molecular weight is 278 g/mol. The Morgan fingerprint density at radius 3 is 2.55 bits per heavy atom. The lowest BCUT2D eigenvalue weighted by Crippen LogP contribution is -2.40. The van der Waals surface area contributed by atoms with E-state index in [-0.39, 0.29) is 11.8 Å². The van der Waals surface area contributed by atoms with Crippen molar-refractivity contribution in [2.24, 2.45) is 13.0 Å². The first-order valence-electron chi connectivity index (χ1n) is 7.00. The minimum Gasteiger partial charge on any atom is -0.359 e. The number of aryl methyl sites for hydroxylation is 2. The summed E-state index contributed by atoms with van der Waals surface area (Å²) in [5.41, 5.74) is 1.43. The molecule has 0 aromatic carbocycles. The molecule has 0 unspecified atom stereocenters. The van der Waals surface area contributed by atoms with Gasteiger partial charge in [-0.2, -0.15) is 0 Å². The zero-order valence-corrected chi connectivity index (χ0v) is 12.3. The third kappa shape index (κ3) is 3.00. The van der Waals surface area contributed by atoms with Gasteiger partial charge in [-0.05, 0) is 25.7 Å². The number of amides is 2. The molecular weight excluding hydrogens is 256 g/mol. The molecule has 2 amide bonds. The molecule has 1 saturated heterocycles. The number of carbonyl (C=O) groups is 2. The molecule has 110 valence electrons. The van der Waals surface area contributed by atoms with E-state index >= 15 is 0 Å². The first-order chi connectivity index (χ1) is 9.52. The molecule has 1 aromatic heterocycles. The Bertz CT molecular complexity index is 482. The van der Waals surface area contributed by atoms with E-state index in [2.05, 4.69) is 10.3 Å². The van der Waals surface area contributed by atoms with Gasteiger partial charge >= 0.3 is 0 Å². The predicted octanol–water partition coefficient (Wildman–Crippen LogP) is 0.717. The minimum atomic E-state index is 0.0425. The zero-order chi connectivity index (χ0) is 14.7. The van der Waals surface area contributed by atoms with E-state index in [1.54, 1.807) is 17.9 Å². The summed E-state index contributed by atoms with van der Waals surface area (Å²) in [7, 11) is 3.50. The molecule has 1 N–H and O–H groups in total. The average Bonchev–Trinajstić information content (AvgIpc) is 2.78. The summed E-state index contributed by atoms with van der Waals surface area (Å²) in [6.45, 7) is 3.28. The van der Waals surface area contributed by atoms with Crippen LogP contribution in [0.2, 0.25) is 0 Å². The van der Waals surface area contributed by atoms with Crippen LogP contribution >= 0.6 is 0 Å². The van der Waals surface area contributed by atoms with E-state index in [0.717, 1.165) is 18.5 Å². The normalized spacial score (nSPS) is 16.2. The minimum absolute atomic E-state index is 0.0425. The van der Waals surface area contributed by atoms with Crippen LogP contribution in [0.3, 0.4) is 0 Å². The van der Waals surface area contributed by atoms with Crippen LogP contribution in [0.5, 0.6) is 0 Å². The lowest BCUT2D eigenvalue weighted by atomic mass is 9.93. The van der Waals surface area contributed by atoms with E-state index in [1.165, 1.54) is 0 Å². The van der Waals surface area contributed by atoms with E-state index in [9.17, 15) is 9.59 Å². The number of rotatable bonds is 3. The van der Waals surface area contributed by atoms with Crippen molar-refractivity contribution in [1.29, 1.82) is 0 Å². The maximum absolute atomic E-state index is 12.5. The monoisotopic (exact) mass is 278 g/mol. The van der Waals surface area contributed by atoms with Crippen LogP contribution in [0.15, 0.2) is 6.33 Å². The predicted molar refractivity (Wildman–Crippen MR) is 75.3 cm³/mol. The van der Waals surface area contributed by atoms with Gasteiger partial charge in [0.05, 0.1) is 12.0 Å². The Labute approximate surface area is 119 Å². The molecule has 0 bridgehead atoms. The number of aromatic nitrogens is 2. The van der Waals surface area contributed by atoms with Crippen molar-refractivity contribution < 1.29 is 9.59 Å². The number of piperidine rings is 1. The second kappa shape index (κ2) is 6.07. The first-order valence-corrected chi connectivity index (χ1v) is 7.00. The molecule has 0 aliphatic carbocycles. The van der Waals surface area contributed by atoms with E-state index in [1.807, 2.05) is 18.9 Å². The van der Waals surface area contributed by atoms with Gasteiger partial charge in [0.15, 0.2) is 0 Å². The third-order valence-electron chi connectivity index (χ3n) is 3.98.